The van der Waals surface area contributed by atoms with Crippen LogP contribution in [0.4, 0.5) is 14.5 Å². The highest BCUT2D eigenvalue weighted by molar-refractivity contribution is 7.89. The standard InChI is InChI=1S/C21H18F2N2O4S/c1-29-19-10-7-15(21(26)25-16-8-9-17(22)18(23)12-16)11-20(19)30(27,28)24-13-14-5-3-2-4-6-14/h2-12,24H,13H2,1H3,(H,25,26). The van der Waals surface area contributed by atoms with E-state index in [1.165, 1.54) is 25.3 Å². The summed E-state index contributed by atoms with van der Waals surface area (Å²) in [4.78, 5) is 12.3. The number of hydrogen-bond acceptors (Lipinski definition) is 4. The highest BCUT2D eigenvalue weighted by atomic mass is 32.2. The summed E-state index contributed by atoms with van der Waals surface area (Å²) in [6.45, 7) is 0.0532. The van der Waals surface area contributed by atoms with Gasteiger partial charge in [0.1, 0.15) is 10.6 Å². The zero-order valence-electron chi connectivity index (χ0n) is 15.9. The normalized spacial score (nSPS) is 11.2. The first kappa shape index (κ1) is 21.4. The summed E-state index contributed by atoms with van der Waals surface area (Å²) in [5.74, 6) is -2.80. The van der Waals surface area contributed by atoms with Crippen LogP contribution in [0.3, 0.4) is 0 Å². The predicted octanol–water partition coefficient (Wildman–Crippen LogP) is 3.70. The number of hydrogen-bond donors (Lipinski definition) is 2. The zero-order chi connectivity index (χ0) is 21.7. The molecule has 2 N–H and O–H groups in total. The molecule has 6 nitrogen and oxygen atoms in total. The van der Waals surface area contributed by atoms with Crippen LogP contribution >= 0.6 is 0 Å². The lowest BCUT2D eigenvalue weighted by Gasteiger charge is -2.13. The van der Waals surface area contributed by atoms with E-state index in [4.69, 9.17) is 4.74 Å². The second-order valence-corrected chi connectivity index (χ2v) is 7.99. The molecule has 0 unspecified atom stereocenters. The molecule has 0 atom stereocenters. The number of amides is 1. The molecule has 0 aliphatic carbocycles. The van der Waals surface area contributed by atoms with Crippen molar-refractivity contribution in [1.29, 1.82) is 0 Å². The van der Waals surface area contributed by atoms with Crippen molar-refractivity contribution in [2.75, 3.05) is 12.4 Å². The van der Waals surface area contributed by atoms with Crippen molar-refractivity contribution >= 4 is 21.6 Å². The van der Waals surface area contributed by atoms with Gasteiger partial charge in [-0.15, -0.1) is 0 Å². The number of rotatable bonds is 7. The Morgan fingerprint density at radius 2 is 1.70 bits per heavy atom. The Morgan fingerprint density at radius 3 is 2.37 bits per heavy atom. The molecule has 0 bridgehead atoms. The molecule has 0 radical (unpaired) electrons. The largest absolute Gasteiger partial charge is 0.495 e. The van der Waals surface area contributed by atoms with Gasteiger partial charge in [-0.1, -0.05) is 30.3 Å². The van der Waals surface area contributed by atoms with Gasteiger partial charge in [-0.25, -0.2) is 21.9 Å². The van der Waals surface area contributed by atoms with Gasteiger partial charge in [-0.2, -0.15) is 0 Å². The third-order valence-electron chi connectivity index (χ3n) is 4.20. The maximum Gasteiger partial charge on any atom is 0.255 e. The molecule has 0 heterocycles. The van der Waals surface area contributed by atoms with E-state index in [-0.39, 0.29) is 28.4 Å². The number of sulfonamides is 1. The van der Waals surface area contributed by atoms with E-state index in [1.54, 1.807) is 24.3 Å². The van der Waals surface area contributed by atoms with Crippen molar-refractivity contribution in [2.45, 2.75) is 11.4 Å². The zero-order valence-corrected chi connectivity index (χ0v) is 16.7. The van der Waals surface area contributed by atoms with Gasteiger partial charge in [0.15, 0.2) is 11.6 Å². The number of anilines is 1. The van der Waals surface area contributed by atoms with Gasteiger partial charge in [0, 0.05) is 23.9 Å². The molecule has 9 heteroatoms. The van der Waals surface area contributed by atoms with Gasteiger partial charge in [-0.3, -0.25) is 4.79 Å². The number of halogens is 2. The maximum atomic E-state index is 13.3. The van der Waals surface area contributed by atoms with Crippen LogP contribution in [-0.2, 0) is 16.6 Å². The summed E-state index contributed by atoms with van der Waals surface area (Å²) >= 11 is 0. The minimum atomic E-state index is -4.01. The summed E-state index contributed by atoms with van der Waals surface area (Å²) in [6, 6.07) is 15.7. The van der Waals surface area contributed by atoms with Crippen molar-refractivity contribution in [3.8, 4) is 5.75 Å². The van der Waals surface area contributed by atoms with Crippen LogP contribution in [0.2, 0.25) is 0 Å². The molecule has 0 fully saturated rings. The molecule has 0 saturated carbocycles. The molecule has 1 amide bonds. The lowest BCUT2D eigenvalue weighted by atomic mass is 10.2. The minimum Gasteiger partial charge on any atom is -0.495 e. The third kappa shape index (κ3) is 5.00. The molecule has 0 spiro atoms. The maximum absolute atomic E-state index is 13.3. The number of nitrogens with one attached hydrogen (secondary N) is 2. The number of ether oxygens (including phenoxy) is 1. The van der Waals surface area contributed by atoms with E-state index in [9.17, 15) is 22.0 Å². The molecule has 156 valence electrons. The summed E-state index contributed by atoms with van der Waals surface area (Å²) in [5, 5.41) is 2.40. The molecule has 3 aromatic rings. The van der Waals surface area contributed by atoms with Crippen molar-refractivity contribution in [3.63, 3.8) is 0 Å². The monoisotopic (exact) mass is 432 g/mol. The third-order valence-corrected chi connectivity index (χ3v) is 5.62. The number of benzene rings is 3. The van der Waals surface area contributed by atoms with Crippen LogP contribution in [0.5, 0.6) is 5.75 Å². The fourth-order valence-electron chi connectivity index (χ4n) is 2.66. The predicted molar refractivity (Wildman–Crippen MR) is 108 cm³/mol. The summed E-state index contributed by atoms with van der Waals surface area (Å²) in [5.41, 5.74) is 0.786. The first-order chi connectivity index (χ1) is 14.3. The molecular formula is C21H18F2N2O4S. The molecule has 3 rings (SSSR count). The van der Waals surface area contributed by atoms with Crippen LogP contribution in [0, 0.1) is 11.6 Å². The Kier molecular flexibility index (Phi) is 6.43. The minimum absolute atomic E-state index is 0.000573. The first-order valence-corrected chi connectivity index (χ1v) is 10.3. The average Bonchev–Trinajstić information content (AvgIpc) is 2.75. The highest BCUT2D eigenvalue weighted by Gasteiger charge is 2.22. The molecule has 0 aliphatic rings. The van der Waals surface area contributed by atoms with Crippen molar-refractivity contribution in [2.24, 2.45) is 0 Å². The smallest absolute Gasteiger partial charge is 0.255 e. The average molecular weight is 432 g/mol. The number of methoxy groups -OCH3 is 1. The van der Waals surface area contributed by atoms with Crippen LogP contribution in [0.15, 0.2) is 71.6 Å². The van der Waals surface area contributed by atoms with E-state index in [1.807, 2.05) is 6.07 Å². The van der Waals surface area contributed by atoms with E-state index in [0.717, 1.165) is 23.8 Å². The topological polar surface area (TPSA) is 84.5 Å². The Balaban J connectivity index is 1.85. The lowest BCUT2D eigenvalue weighted by molar-refractivity contribution is 0.102. The molecule has 30 heavy (non-hydrogen) atoms. The van der Waals surface area contributed by atoms with Gasteiger partial charge in [-0.05, 0) is 35.9 Å². The molecule has 0 aromatic heterocycles. The van der Waals surface area contributed by atoms with Crippen molar-refractivity contribution in [3.05, 3.63) is 89.5 Å². The quantitative estimate of drug-likeness (QED) is 0.596. The molecule has 3 aromatic carbocycles. The Morgan fingerprint density at radius 1 is 0.967 bits per heavy atom. The van der Waals surface area contributed by atoms with Gasteiger partial charge < -0.3 is 10.1 Å². The summed E-state index contributed by atoms with van der Waals surface area (Å²) in [7, 11) is -2.69. The number of carbonyl (C=O) groups excluding carboxylic acids is 1. The van der Waals surface area contributed by atoms with Gasteiger partial charge >= 0.3 is 0 Å². The van der Waals surface area contributed by atoms with E-state index >= 15 is 0 Å². The SMILES string of the molecule is COc1ccc(C(=O)Nc2ccc(F)c(F)c2)cc1S(=O)(=O)NCc1ccccc1. The Hall–Kier alpha value is -3.30. The Labute approximate surface area is 172 Å². The second-order valence-electron chi connectivity index (χ2n) is 6.26. The molecular weight excluding hydrogens is 414 g/mol. The van der Waals surface area contributed by atoms with Crippen molar-refractivity contribution < 1.29 is 26.7 Å². The van der Waals surface area contributed by atoms with Crippen LogP contribution in [-0.4, -0.2) is 21.4 Å². The lowest BCUT2D eigenvalue weighted by Crippen LogP contribution is -2.24. The fourth-order valence-corrected chi connectivity index (χ4v) is 3.87. The van der Waals surface area contributed by atoms with Crippen LogP contribution < -0.4 is 14.8 Å². The van der Waals surface area contributed by atoms with E-state index in [0.29, 0.717) is 0 Å². The van der Waals surface area contributed by atoms with Gasteiger partial charge in [0.25, 0.3) is 5.91 Å². The summed E-state index contributed by atoms with van der Waals surface area (Å²) in [6.07, 6.45) is 0. The number of carbonyl (C=O) groups is 1. The Bertz CT molecular complexity index is 1170. The first-order valence-electron chi connectivity index (χ1n) is 8.78. The van der Waals surface area contributed by atoms with Gasteiger partial charge in [0.05, 0.1) is 7.11 Å². The fraction of sp³-hybridized carbons (Fsp3) is 0.0952. The van der Waals surface area contributed by atoms with E-state index in [2.05, 4.69) is 10.0 Å². The van der Waals surface area contributed by atoms with Crippen LogP contribution in [0.25, 0.3) is 0 Å². The second kappa shape index (κ2) is 9.02. The van der Waals surface area contributed by atoms with E-state index < -0.39 is 27.6 Å². The van der Waals surface area contributed by atoms with Crippen molar-refractivity contribution in [1.82, 2.24) is 4.72 Å². The highest BCUT2D eigenvalue weighted by Crippen LogP contribution is 2.26. The summed E-state index contributed by atoms with van der Waals surface area (Å²) < 4.78 is 59.6. The molecule has 0 saturated heterocycles. The molecule has 0 aliphatic heterocycles. The van der Waals surface area contributed by atoms with Crippen LogP contribution in [0.1, 0.15) is 15.9 Å². The van der Waals surface area contributed by atoms with Gasteiger partial charge in [0.2, 0.25) is 10.0 Å².